The molecule has 98 valence electrons. The van der Waals surface area contributed by atoms with E-state index in [4.69, 9.17) is 15.0 Å². The highest BCUT2D eigenvalue weighted by molar-refractivity contribution is 4.99. The molecular formula is C9H17N3O5. The first kappa shape index (κ1) is 14.2. The molecule has 1 rings (SSSR count). The van der Waals surface area contributed by atoms with Gasteiger partial charge in [-0.1, -0.05) is 5.11 Å². The lowest BCUT2D eigenvalue weighted by Gasteiger charge is -2.31. The Bertz CT molecular complexity index is 312. The van der Waals surface area contributed by atoms with Crippen molar-refractivity contribution in [2.24, 2.45) is 5.11 Å². The molecule has 1 heterocycles. The second kappa shape index (κ2) is 5.18. The fraction of sp³-hybridized carbons (Fsp3) is 1.00. The molecule has 0 aromatic carbocycles. The van der Waals surface area contributed by atoms with Crippen LogP contribution in [0.25, 0.3) is 10.4 Å². The maximum atomic E-state index is 9.82. The van der Waals surface area contributed by atoms with Crippen LogP contribution in [0, 0.1) is 0 Å². The molecule has 1 aliphatic rings. The largest absolute Gasteiger partial charge is 0.393 e. The number of aliphatic hydroxyl groups excluding tert-OH is 3. The van der Waals surface area contributed by atoms with Crippen LogP contribution in [0.15, 0.2) is 5.11 Å². The van der Waals surface area contributed by atoms with Crippen molar-refractivity contribution in [1.29, 1.82) is 0 Å². The van der Waals surface area contributed by atoms with Gasteiger partial charge in [0, 0.05) is 4.91 Å². The quantitative estimate of drug-likeness (QED) is 0.344. The van der Waals surface area contributed by atoms with Crippen molar-refractivity contribution in [2.45, 2.75) is 37.4 Å². The molecule has 17 heavy (non-hydrogen) atoms. The van der Waals surface area contributed by atoms with E-state index in [9.17, 15) is 15.3 Å². The van der Waals surface area contributed by atoms with E-state index in [2.05, 4.69) is 10.0 Å². The first-order valence-corrected chi connectivity index (χ1v) is 5.19. The molecule has 0 radical (unpaired) electrons. The van der Waals surface area contributed by atoms with E-state index in [0.29, 0.717) is 0 Å². The second-order valence-corrected chi connectivity index (χ2v) is 4.40. The maximum Gasteiger partial charge on any atom is 0.164 e. The van der Waals surface area contributed by atoms with E-state index in [1.165, 1.54) is 0 Å². The van der Waals surface area contributed by atoms with E-state index in [1.54, 1.807) is 13.8 Å². The van der Waals surface area contributed by atoms with Gasteiger partial charge in [0.05, 0.1) is 25.9 Å². The summed E-state index contributed by atoms with van der Waals surface area (Å²) in [5, 5.41) is 31.7. The van der Waals surface area contributed by atoms with Gasteiger partial charge in [-0.3, -0.25) is 0 Å². The predicted molar refractivity (Wildman–Crippen MR) is 57.0 cm³/mol. The van der Waals surface area contributed by atoms with Crippen molar-refractivity contribution < 1.29 is 24.8 Å². The summed E-state index contributed by atoms with van der Waals surface area (Å²) in [6, 6.07) is 0. The molecule has 1 aliphatic heterocycles. The third-order valence-corrected chi connectivity index (χ3v) is 2.60. The minimum Gasteiger partial charge on any atom is -0.393 e. The highest BCUT2D eigenvalue weighted by Gasteiger charge is 2.55. The summed E-state index contributed by atoms with van der Waals surface area (Å²) < 4.78 is 10.9. The van der Waals surface area contributed by atoms with Crippen LogP contribution in [0.5, 0.6) is 0 Å². The number of nitrogens with zero attached hydrogens (tertiary/aromatic N) is 3. The van der Waals surface area contributed by atoms with Gasteiger partial charge in [-0.25, -0.2) is 0 Å². The van der Waals surface area contributed by atoms with Crippen LogP contribution in [0.2, 0.25) is 0 Å². The summed E-state index contributed by atoms with van der Waals surface area (Å²) >= 11 is 0. The molecule has 3 N–H and O–H groups in total. The van der Waals surface area contributed by atoms with E-state index < -0.39 is 36.8 Å². The van der Waals surface area contributed by atoms with Gasteiger partial charge in [0.25, 0.3) is 0 Å². The van der Waals surface area contributed by atoms with Crippen molar-refractivity contribution in [1.82, 2.24) is 0 Å². The van der Waals surface area contributed by atoms with Gasteiger partial charge in [-0.2, -0.15) is 0 Å². The summed E-state index contributed by atoms with van der Waals surface area (Å²) in [4.78, 5) is 2.53. The van der Waals surface area contributed by atoms with Gasteiger partial charge in [0.2, 0.25) is 0 Å². The molecule has 0 aromatic heterocycles. The van der Waals surface area contributed by atoms with Gasteiger partial charge < -0.3 is 24.8 Å². The zero-order valence-corrected chi connectivity index (χ0v) is 9.78. The fourth-order valence-electron chi connectivity index (χ4n) is 1.92. The zero-order valence-electron chi connectivity index (χ0n) is 9.78. The summed E-state index contributed by atoms with van der Waals surface area (Å²) in [6.07, 6.45) is -2.12. The summed E-state index contributed by atoms with van der Waals surface area (Å²) in [6.45, 7) is 1.97. The van der Waals surface area contributed by atoms with Crippen molar-refractivity contribution >= 4 is 0 Å². The average molecular weight is 247 g/mol. The van der Waals surface area contributed by atoms with Crippen LogP contribution in [0.1, 0.15) is 13.8 Å². The fourth-order valence-corrected chi connectivity index (χ4v) is 1.92. The Morgan fingerprint density at radius 3 is 2.47 bits per heavy atom. The molecule has 0 unspecified atom stereocenters. The van der Waals surface area contributed by atoms with Crippen molar-refractivity contribution in [3.8, 4) is 0 Å². The van der Waals surface area contributed by atoms with Gasteiger partial charge in [0.1, 0.15) is 11.7 Å². The van der Waals surface area contributed by atoms with Crippen molar-refractivity contribution in [3.05, 3.63) is 10.4 Å². The van der Waals surface area contributed by atoms with Crippen molar-refractivity contribution in [3.63, 3.8) is 0 Å². The molecule has 0 bridgehead atoms. The first-order valence-electron chi connectivity index (χ1n) is 5.19. The van der Waals surface area contributed by atoms with Gasteiger partial charge in [0.15, 0.2) is 5.79 Å². The van der Waals surface area contributed by atoms with E-state index in [1.807, 2.05) is 0 Å². The Morgan fingerprint density at radius 2 is 2.00 bits per heavy atom. The predicted octanol–water partition coefficient (Wildman–Crippen LogP) is -0.468. The lowest BCUT2D eigenvalue weighted by molar-refractivity contribution is -0.178. The molecule has 0 aliphatic carbocycles. The third-order valence-electron chi connectivity index (χ3n) is 2.60. The standard InChI is InChI=1S/C9H17N3O5/c1-8(2)16-7(6(15)3-11-12-10)9(4-13,5-14)17-8/h6-7,13-15H,3-5H2,1-2H3/t6-,7+/m0/s1. The van der Waals surface area contributed by atoms with Crippen LogP contribution in [0.4, 0.5) is 0 Å². The SMILES string of the molecule is CC1(C)O[C@H]([C@@H](O)CN=[N+]=[N-])C(CO)(CO)O1. The summed E-state index contributed by atoms with van der Waals surface area (Å²) in [5.41, 5.74) is 6.79. The normalized spacial score (nSPS) is 27.5. The smallest absolute Gasteiger partial charge is 0.164 e. The molecule has 0 amide bonds. The minimum atomic E-state index is -1.39. The van der Waals surface area contributed by atoms with Gasteiger partial charge >= 0.3 is 0 Å². The average Bonchev–Trinajstić information content (AvgIpc) is 2.58. The molecule has 8 nitrogen and oxygen atoms in total. The van der Waals surface area contributed by atoms with Crippen LogP contribution < -0.4 is 0 Å². The van der Waals surface area contributed by atoms with E-state index in [0.717, 1.165) is 0 Å². The van der Waals surface area contributed by atoms with E-state index in [-0.39, 0.29) is 6.54 Å². The molecule has 2 atom stereocenters. The highest BCUT2D eigenvalue weighted by atomic mass is 16.8. The number of rotatable bonds is 5. The lowest BCUT2D eigenvalue weighted by atomic mass is 9.94. The zero-order chi connectivity index (χ0) is 13.1. The minimum absolute atomic E-state index is 0.220. The van der Waals surface area contributed by atoms with Crippen molar-refractivity contribution in [2.75, 3.05) is 19.8 Å². The Hall–Kier alpha value is -0.890. The topological polar surface area (TPSA) is 128 Å². The third kappa shape index (κ3) is 2.86. The number of aliphatic hydroxyl groups is 3. The molecule has 0 aromatic rings. The number of ether oxygens (including phenoxy) is 2. The van der Waals surface area contributed by atoms with E-state index >= 15 is 0 Å². The Balaban J connectivity index is 2.90. The highest BCUT2D eigenvalue weighted by Crippen LogP contribution is 2.37. The maximum absolute atomic E-state index is 9.82. The summed E-state index contributed by atoms with van der Waals surface area (Å²) in [5.74, 6) is -1.03. The van der Waals surface area contributed by atoms with Crippen LogP contribution in [-0.2, 0) is 9.47 Å². The Labute approximate surface area is 98.4 Å². The molecule has 1 saturated heterocycles. The Kier molecular flexibility index (Phi) is 4.31. The number of azide groups is 1. The molecular weight excluding hydrogens is 230 g/mol. The molecule has 8 heteroatoms. The Morgan fingerprint density at radius 1 is 1.41 bits per heavy atom. The molecule has 0 spiro atoms. The second-order valence-electron chi connectivity index (χ2n) is 4.40. The number of hydrogen-bond donors (Lipinski definition) is 3. The van der Waals surface area contributed by atoms with Crippen LogP contribution >= 0.6 is 0 Å². The van der Waals surface area contributed by atoms with Crippen LogP contribution in [0.3, 0.4) is 0 Å². The number of hydrogen-bond acceptors (Lipinski definition) is 6. The van der Waals surface area contributed by atoms with Gasteiger partial charge in [-0.15, -0.1) is 0 Å². The summed E-state index contributed by atoms with van der Waals surface area (Å²) in [7, 11) is 0. The molecule has 1 fully saturated rings. The first-order chi connectivity index (χ1) is 7.90. The van der Waals surface area contributed by atoms with Crippen LogP contribution in [-0.4, -0.2) is 58.7 Å². The molecule has 0 saturated carbocycles. The lowest BCUT2D eigenvalue weighted by Crippen LogP contribution is -2.53. The van der Waals surface area contributed by atoms with Gasteiger partial charge in [-0.05, 0) is 19.4 Å². The monoisotopic (exact) mass is 247 g/mol.